The third-order valence-electron chi connectivity index (χ3n) is 2.95. The molecule has 0 bridgehead atoms. The first kappa shape index (κ1) is 16.5. The summed E-state index contributed by atoms with van der Waals surface area (Å²) in [6.45, 7) is 0. The summed E-state index contributed by atoms with van der Waals surface area (Å²) < 4.78 is 12.8. The molecule has 0 aliphatic carbocycles. The SMILES string of the molecule is O=C(CCC(=O)c1ccc(F)cc1)Nc1ccc(Cl)c(Cl)c1. The van der Waals surface area contributed by atoms with Crippen LogP contribution in [0.5, 0.6) is 0 Å². The fraction of sp³-hybridized carbons (Fsp3) is 0.125. The van der Waals surface area contributed by atoms with Crippen LogP contribution >= 0.6 is 23.2 Å². The molecule has 2 rings (SSSR count). The molecule has 114 valence electrons. The van der Waals surface area contributed by atoms with Crippen LogP contribution in [-0.2, 0) is 4.79 Å². The van der Waals surface area contributed by atoms with Crippen LogP contribution in [0, 0.1) is 5.82 Å². The first-order valence-electron chi connectivity index (χ1n) is 6.49. The molecular weight excluding hydrogens is 328 g/mol. The number of amides is 1. The second kappa shape index (κ2) is 7.38. The molecule has 1 amide bonds. The summed E-state index contributed by atoms with van der Waals surface area (Å²) in [5.41, 5.74) is 0.886. The maximum Gasteiger partial charge on any atom is 0.224 e. The van der Waals surface area contributed by atoms with Crippen molar-refractivity contribution in [1.29, 1.82) is 0 Å². The van der Waals surface area contributed by atoms with Gasteiger partial charge in [0, 0.05) is 24.1 Å². The van der Waals surface area contributed by atoms with Crippen molar-refractivity contribution in [3.63, 3.8) is 0 Å². The van der Waals surface area contributed by atoms with Crippen molar-refractivity contribution in [2.75, 3.05) is 5.32 Å². The molecule has 0 aliphatic rings. The van der Waals surface area contributed by atoms with Gasteiger partial charge in [0.2, 0.25) is 5.91 Å². The van der Waals surface area contributed by atoms with E-state index in [1.807, 2.05) is 0 Å². The van der Waals surface area contributed by atoms with Crippen molar-refractivity contribution >= 4 is 40.6 Å². The molecule has 0 aliphatic heterocycles. The Kier molecular flexibility index (Phi) is 5.52. The minimum absolute atomic E-state index is 0.0243. The van der Waals surface area contributed by atoms with Gasteiger partial charge in [0.15, 0.2) is 5.78 Å². The second-order valence-corrected chi connectivity index (χ2v) is 5.42. The Morgan fingerprint density at radius 2 is 1.64 bits per heavy atom. The molecule has 0 radical (unpaired) electrons. The fourth-order valence-corrected chi connectivity index (χ4v) is 2.10. The first-order valence-corrected chi connectivity index (χ1v) is 7.25. The summed E-state index contributed by atoms with van der Waals surface area (Å²) >= 11 is 11.6. The quantitative estimate of drug-likeness (QED) is 0.800. The van der Waals surface area contributed by atoms with E-state index < -0.39 is 5.82 Å². The van der Waals surface area contributed by atoms with E-state index in [2.05, 4.69) is 5.32 Å². The molecule has 1 N–H and O–H groups in total. The molecule has 0 saturated carbocycles. The summed E-state index contributed by atoms with van der Waals surface area (Å²) in [6.07, 6.45) is 0.0647. The van der Waals surface area contributed by atoms with Gasteiger partial charge in [-0.05, 0) is 42.5 Å². The number of carbonyl (C=O) groups excluding carboxylic acids is 2. The topological polar surface area (TPSA) is 46.2 Å². The number of hydrogen-bond donors (Lipinski definition) is 1. The van der Waals surface area contributed by atoms with Crippen molar-refractivity contribution in [1.82, 2.24) is 0 Å². The number of halogens is 3. The molecule has 6 heteroatoms. The van der Waals surface area contributed by atoms with Gasteiger partial charge in [0.05, 0.1) is 10.0 Å². The number of ketones is 1. The van der Waals surface area contributed by atoms with Crippen LogP contribution in [0.2, 0.25) is 10.0 Å². The van der Waals surface area contributed by atoms with Gasteiger partial charge in [0.25, 0.3) is 0 Å². The van der Waals surface area contributed by atoms with E-state index in [0.29, 0.717) is 21.3 Å². The predicted molar refractivity (Wildman–Crippen MR) is 85.1 cm³/mol. The van der Waals surface area contributed by atoms with Crippen LogP contribution in [-0.4, -0.2) is 11.7 Å². The molecule has 0 saturated heterocycles. The van der Waals surface area contributed by atoms with Gasteiger partial charge in [-0.1, -0.05) is 23.2 Å². The highest BCUT2D eigenvalue weighted by Crippen LogP contribution is 2.25. The van der Waals surface area contributed by atoms with Crippen molar-refractivity contribution in [2.45, 2.75) is 12.8 Å². The van der Waals surface area contributed by atoms with Gasteiger partial charge in [-0.25, -0.2) is 4.39 Å². The van der Waals surface area contributed by atoms with E-state index in [1.165, 1.54) is 30.3 Å². The van der Waals surface area contributed by atoms with Crippen LogP contribution < -0.4 is 5.32 Å². The lowest BCUT2D eigenvalue weighted by molar-refractivity contribution is -0.116. The van der Waals surface area contributed by atoms with E-state index >= 15 is 0 Å². The standard InChI is InChI=1S/C16H12Cl2FNO2/c17-13-6-5-12(9-14(13)18)20-16(22)8-7-15(21)10-1-3-11(19)4-2-10/h1-6,9H,7-8H2,(H,20,22). The Labute approximate surface area is 137 Å². The van der Waals surface area contributed by atoms with Gasteiger partial charge in [0.1, 0.15) is 5.82 Å². The lowest BCUT2D eigenvalue weighted by Gasteiger charge is -2.06. The number of hydrogen-bond acceptors (Lipinski definition) is 2. The molecule has 0 fully saturated rings. The van der Waals surface area contributed by atoms with Gasteiger partial charge in [-0.15, -0.1) is 0 Å². The van der Waals surface area contributed by atoms with Crippen LogP contribution in [0.15, 0.2) is 42.5 Å². The Balaban J connectivity index is 1.88. The van der Waals surface area contributed by atoms with E-state index in [0.717, 1.165) is 0 Å². The largest absolute Gasteiger partial charge is 0.326 e. The van der Waals surface area contributed by atoms with E-state index in [1.54, 1.807) is 12.1 Å². The molecule has 2 aromatic rings. The third kappa shape index (κ3) is 4.55. The molecule has 0 spiro atoms. The monoisotopic (exact) mass is 339 g/mol. The van der Waals surface area contributed by atoms with Gasteiger partial charge in [-0.2, -0.15) is 0 Å². The zero-order chi connectivity index (χ0) is 16.1. The van der Waals surface area contributed by atoms with Crippen molar-refractivity contribution < 1.29 is 14.0 Å². The molecule has 2 aromatic carbocycles. The van der Waals surface area contributed by atoms with Crippen LogP contribution in [0.1, 0.15) is 23.2 Å². The molecule has 0 heterocycles. The lowest BCUT2D eigenvalue weighted by Crippen LogP contribution is -2.13. The second-order valence-electron chi connectivity index (χ2n) is 4.61. The van der Waals surface area contributed by atoms with E-state index in [9.17, 15) is 14.0 Å². The number of rotatable bonds is 5. The predicted octanol–water partition coefficient (Wildman–Crippen LogP) is 4.73. The average molecular weight is 340 g/mol. The van der Waals surface area contributed by atoms with Gasteiger partial charge >= 0.3 is 0 Å². The Hall–Kier alpha value is -1.91. The minimum Gasteiger partial charge on any atom is -0.326 e. The highest BCUT2D eigenvalue weighted by Gasteiger charge is 2.10. The number of benzene rings is 2. The third-order valence-corrected chi connectivity index (χ3v) is 3.69. The Morgan fingerprint density at radius 3 is 2.27 bits per heavy atom. The highest BCUT2D eigenvalue weighted by atomic mass is 35.5. The first-order chi connectivity index (χ1) is 10.5. The maximum atomic E-state index is 12.8. The highest BCUT2D eigenvalue weighted by molar-refractivity contribution is 6.42. The summed E-state index contributed by atoms with van der Waals surface area (Å²) in [4.78, 5) is 23.7. The number of nitrogens with one attached hydrogen (secondary N) is 1. The van der Waals surface area contributed by atoms with E-state index in [4.69, 9.17) is 23.2 Å². The van der Waals surface area contributed by atoms with Crippen molar-refractivity contribution in [2.24, 2.45) is 0 Å². The Bertz CT molecular complexity index is 702. The van der Waals surface area contributed by atoms with Gasteiger partial charge < -0.3 is 5.32 Å². The molecular formula is C16H12Cl2FNO2. The van der Waals surface area contributed by atoms with Crippen molar-refractivity contribution in [3.8, 4) is 0 Å². The number of carbonyl (C=O) groups is 2. The van der Waals surface area contributed by atoms with Crippen LogP contribution in [0.25, 0.3) is 0 Å². The zero-order valence-corrected chi connectivity index (χ0v) is 12.9. The van der Waals surface area contributed by atoms with E-state index in [-0.39, 0.29) is 24.5 Å². The minimum atomic E-state index is -0.408. The summed E-state index contributed by atoms with van der Waals surface area (Å²) in [5.74, 6) is -0.938. The molecule has 0 aromatic heterocycles. The molecule has 3 nitrogen and oxygen atoms in total. The normalized spacial score (nSPS) is 10.3. The van der Waals surface area contributed by atoms with Gasteiger partial charge in [-0.3, -0.25) is 9.59 Å². The van der Waals surface area contributed by atoms with Crippen molar-refractivity contribution in [3.05, 3.63) is 63.9 Å². The molecule has 0 unspecified atom stereocenters. The average Bonchev–Trinajstić information content (AvgIpc) is 2.49. The Morgan fingerprint density at radius 1 is 0.955 bits per heavy atom. The lowest BCUT2D eigenvalue weighted by atomic mass is 10.1. The summed E-state index contributed by atoms with van der Waals surface area (Å²) in [7, 11) is 0. The zero-order valence-electron chi connectivity index (χ0n) is 11.4. The smallest absolute Gasteiger partial charge is 0.224 e. The summed E-state index contributed by atoms with van der Waals surface area (Å²) in [6, 6.07) is 9.94. The number of anilines is 1. The van der Waals surface area contributed by atoms with Crippen LogP contribution in [0.4, 0.5) is 10.1 Å². The molecule has 22 heavy (non-hydrogen) atoms. The number of Topliss-reactive ketones (excluding diaryl/α,β-unsaturated/α-hetero) is 1. The fourth-order valence-electron chi connectivity index (χ4n) is 1.80. The maximum absolute atomic E-state index is 12.8. The molecule has 0 atom stereocenters. The summed E-state index contributed by atoms with van der Waals surface area (Å²) in [5, 5.41) is 3.36. The van der Waals surface area contributed by atoms with Crippen LogP contribution in [0.3, 0.4) is 0 Å².